The number of rotatable bonds is 7. The maximum atomic E-state index is 6.31. The van der Waals surface area contributed by atoms with Crippen LogP contribution in [0.3, 0.4) is 0 Å². The number of nitrogens with one attached hydrogen (secondary N) is 1. The molecule has 1 N–H and O–H groups in total. The predicted molar refractivity (Wildman–Crippen MR) is 91.5 cm³/mol. The number of aryl methyl sites for hydroxylation is 1. The summed E-state index contributed by atoms with van der Waals surface area (Å²) in [4.78, 5) is 1.16. The SMILES string of the molecule is CCNC(CSc1cccc(Cl)c1)c1c(Cl)cnn1CC. The first kappa shape index (κ1) is 16.7. The summed E-state index contributed by atoms with van der Waals surface area (Å²) in [6, 6.07) is 8.06. The van der Waals surface area contributed by atoms with Crippen LogP contribution in [0.25, 0.3) is 0 Å². The van der Waals surface area contributed by atoms with Gasteiger partial charge in [-0.2, -0.15) is 5.10 Å². The van der Waals surface area contributed by atoms with Gasteiger partial charge in [-0.15, -0.1) is 11.8 Å². The van der Waals surface area contributed by atoms with Crippen molar-refractivity contribution in [2.75, 3.05) is 12.3 Å². The largest absolute Gasteiger partial charge is 0.308 e. The molecular formula is C15H19Cl2N3S. The van der Waals surface area contributed by atoms with Crippen LogP contribution >= 0.6 is 35.0 Å². The first-order valence-corrected chi connectivity index (χ1v) is 8.72. The van der Waals surface area contributed by atoms with Crippen molar-refractivity contribution in [1.82, 2.24) is 15.1 Å². The predicted octanol–water partition coefficient (Wildman–Crippen LogP) is 4.65. The van der Waals surface area contributed by atoms with Crippen molar-refractivity contribution in [2.24, 2.45) is 0 Å². The minimum absolute atomic E-state index is 0.161. The van der Waals surface area contributed by atoms with Gasteiger partial charge in [0.25, 0.3) is 0 Å². The fraction of sp³-hybridized carbons (Fsp3) is 0.400. The van der Waals surface area contributed by atoms with Crippen LogP contribution in [0.2, 0.25) is 10.0 Å². The third kappa shape index (κ3) is 4.39. The van der Waals surface area contributed by atoms with Gasteiger partial charge in [0.15, 0.2) is 0 Å². The van der Waals surface area contributed by atoms with Crippen molar-refractivity contribution in [1.29, 1.82) is 0 Å². The van der Waals surface area contributed by atoms with E-state index in [1.165, 1.54) is 0 Å². The lowest BCUT2D eigenvalue weighted by molar-refractivity contribution is 0.527. The zero-order valence-corrected chi connectivity index (χ0v) is 14.5. The molecule has 0 aliphatic heterocycles. The van der Waals surface area contributed by atoms with E-state index in [0.29, 0.717) is 0 Å². The van der Waals surface area contributed by atoms with Crippen LogP contribution in [0.5, 0.6) is 0 Å². The number of thioether (sulfide) groups is 1. The van der Waals surface area contributed by atoms with Crippen LogP contribution < -0.4 is 5.32 Å². The number of hydrogen-bond donors (Lipinski definition) is 1. The second kappa shape index (κ2) is 8.08. The summed E-state index contributed by atoms with van der Waals surface area (Å²) in [6.45, 7) is 5.86. The summed E-state index contributed by atoms with van der Waals surface area (Å²) in [6.07, 6.45) is 1.72. The summed E-state index contributed by atoms with van der Waals surface area (Å²) in [5, 5.41) is 9.29. The Labute approximate surface area is 140 Å². The topological polar surface area (TPSA) is 29.9 Å². The molecule has 1 unspecified atom stereocenters. The van der Waals surface area contributed by atoms with Gasteiger partial charge in [0.05, 0.1) is 23.0 Å². The molecule has 0 aliphatic rings. The summed E-state index contributed by atoms with van der Waals surface area (Å²) < 4.78 is 1.95. The summed E-state index contributed by atoms with van der Waals surface area (Å²) >= 11 is 14.1. The first-order chi connectivity index (χ1) is 10.2. The van der Waals surface area contributed by atoms with Crippen LogP contribution in [0, 0.1) is 0 Å². The molecule has 1 aromatic heterocycles. The first-order valence-electron chi connectivity index (χ1n) is 6.98. The molecule has 114 valence electrons. The summed E-state index contributed by atoms with van der Waals surface area (Å²) in [5.41, 5.74) is 1.05. The summed E-state index contributed by atoms with van der Waals surface area (Å²) in [5.74, 6) is 0.875. The van der Waals surface area contributed by atoms with Crippen molar-refractivity contribution in [3.8, 4) is 0 Å². The van der Waals surface area contributed by atoms with Crippen molar-refractivity contribution >= 4 is 35.0 Å². The van der Waals surface area contributed by atoms with E-state index in [4.69, 9.17) is 23.2 Å². The van der Waals surface area contributed by atoms with Gasteiger partial charge in [-0.05, 0) is 31.7 Å². The molecule has 2 aromatic rings. The lowest BCUT2D eigenvalue weighted by Crippen LogP contribution is -2.26. The third-order valence-electron chi connectivity index (χ3n) is 3.13. The molecule has 0 saturated heterocycles. The van der Waals surface area contributed by atoms with Crippen molar-refractivity contribution in [3.05, 3.63) is 46.2 Å². The van der Waals surface area contributed by atoms with Crippen LogP contribution in [0.1, 0.15) is 25.6 Å². The fourth-order valence-corrected chi connectivity index (χ4v) is 3.74. The maximum Gasteiger partial charge on any atom is 0.0834 e. The average molecular weight is 344 g/mol. The van der Waals surface area contributed by atoms with Gasteiger partial charge in [0.1, 0.15) is 0 Å². The highest BCUT2D eigenvalue weighted by atomic mass is 35.5. The molecule has 3 nitrogen and oxygen atoms in total. The van der Waals surface area contributed by atoms with Gasteiger partial charge in [-0.25, -0.2) is 0 Å². The van der Waals surface area contributed by atoms with E-state index in [9.17, 15) is 0 Å². The molecule has 21 heavy (non-hydrogen) atoms. The van der Waals surface area contributed by atoms with E-state index >= 15 is 0 Å². The quantitative estimate of drug-likeness (QED) is 0.742. The van der Waals surface area contributed by atoms with Crippen LogP contribution in [0.4, 0.5) is 0 Å². The lowest BCUT2D eigenvalue weighted by atomic mass is 10.2. The van der Waals surface area contributed by atoms with Gasteiger partial charge in [-0.1, -0.05) is 36.2 Å². The number of halogens is 2. The highest BCUT2D eigenvalue weighted by Gasteiger charge is 2.19. The Hall–Kier alpha value is -0.680. The number of aromatic nitrogens is 2. The van der Waals surface area contributed by atoms with Gasteiger partial charge < -0.3 is 5.32 Å². The van der Waals surface area contributed by atoms with E-state index in [-0.39, 0.29) is 6.04 Å². The zero-order valence-electron chi connectivity index (χ0n) is 12.1. The molecular weight excluding hydrogens is 325 g/mol. The maximum absolute atomic E-state index is 6.31. The Kier molecular flexibility index (Phi) is 6.42. The minimum atomic E-state index is 0.161. The molecule has 6 heteroatoms. The highest BCUT2D eigenvalue weighted by molar-refractivity contribution is 7.99. The van der Waals surface area contributed by atoms with Gasteiger partial charge in [0.2, 0.25) is 0 Å². The van der Waals surface area contributed by atoms with Crippen LogP contribution in [0.15, 0.2) is 35.4 Å². The van der Waals surface area contributed by atoms with Crippen molar-refractivity contribution in [3.63, 3.8) is 0 Å². The van der Waals surface area contributed by atoms with Gasteiger partial charge in [0, 0.05) is 22.2 Å². The van der Waals surface area contributed by atoms with E-state index in [2.05, 4.69) is 30.3 Å². The van der Waals surface area contributed by atoms with E-state index in [0.717, 1.165) is 39.5 Å². The highest BCUT2D eigenvalue weighted by Crippen LogP contribution is 2.29. The standard InChI is InChI=1S/C15H19Cl2N3S/c1-3-18-14(15-13(17)9-19-20(15)4-2)10-21-12-7-5-6-11(16)8-12/h5-9,14,18H,3-4,10H2,1-2H3. The minimum Gasteiger partial charge on any atom is -0.308 e. The number of nitrogens with zero attached hydrogens (tertiary/aromatic N) is 2. The smallest absolute Gasteiger partial charge is 0.0834 e. The molecule has 0 bridgehead atoms. The molecule has 0 spiro atoms. The van der Waals surface area contributed by atoms with Gasteiger partial charge >= 0.3 is 0 Å². The Morgan fingerprint density at radius 3 is 2.81 bits per heavy atom. The molecule has 0 fully saturated rings. The monoisotopic (exact) mass is 343 g/mol. The Bertz CT molecular complexity index is 586. The molecule has 1 atom stereocenters. The molecule has 0 aliphatic carbocycles. The number of benzene rings is 1. The fourth-order valence-electron chi connectivity index (χ4n) is 2.19. The molecule has 0 saturated carbocycles. The Morgan fingerprint density at radius 1 is 1.33 bits per heavy atom. The molecule has 1 heterocycles. The van der Waals surface area contributed by atoms with E-state index in [1.54, 1.807) is 18.0 Å². The van der Waals surface area contributed by atoms with Crippen molar-refractivity contribution < 1.29 is 0 Å². The second-order valence-corrected chi connectivity index (χ2v) is 6.51. The average Bonchev–Trinajstić information content (AvgIpc) is 2.84. The Morgan fingerprint density at radius 2 is 2.14 bits per heavy atom. The third-order valence-corrected chi connectivity index (χ3v) is 4.74. The zero-order chi connectivity index (χ0) is 15.2. The van der Waals surface area contributed by atoms with Crippen LogP contribution in [-0.2, 0) is 6.54 Å². The Balaban J connectivity index is 2.14. The summed E-state index contributed by atoms with van der Waals surface area (Å²) in [7, 11) is 0. The normalized spacial score (nSPS) is 12.6. The molecule has 0 amide bonds. The van der Waals surface area contributed by atoms with Gasteiger partial charge in [-0.3, -0.25) is 4.68 Å². The second-order valence-electron chi connectivity index (χ2n) is 4.57. The van der Waals surface area contributed by atoms with Crippen LogP contribution in [-0.4, -0.2) is 22.1 Å². The van der Waals surface area contributed by atoms with E-state index in [1.807, 2.05) is 22.9 Å². The molecule has 2 rings (SSSR count). The van der Waals surface area contributed by atoms with E-state index < -0.39 is 0 Å². The number of hydrogen-bond acceptors (Lipinski definition) is 3. The molecule has 1 aromatic carbocycles. The lowest BCUT2D eigenvalue weighted by Gasteiger charge is -2.19. The van der Waals surface area contributed by atoms with Crippen molar-refractivity contribution in [2.45, 2.75) is 31.3 Å². The molecule has 0 radical (unpaired) electrons.